The molecule has 6 heteroatoms. The molecule has 1 amide bonds. The zero-order valence-electron chi connectivity index (χ0n) is 16.9. The van der Waals surface area contributed by atoms with E-state index in [0.29, 0.717) is 12.5 Å². The molecule has 4 rings (SSSR count). The first kappa shape index (κ1) is 19.0. The van der Waals surface area contributed by atoms with Gasteiger partial charge >= 0.3 is 0 Å². The minimum Gasteiger partial charge on any atom is -0.487 e. The first-order valence-corrected chi connectivity index (χ1v) is 10.2. The number of carbonyl (C=O) groups excluding carboxylic acids is 1. The van der Waals surface area contributed by atoms with Gasteiger partial charge in [-0.3, -0.25) is 9.69 Å². The van der Waals surface area contributed by atoms with Crippen LogP contribution in [0.25, 0.3) is 0 Å². The van der Waals surface area contributed by atoms with E-state index in [9.17, 15) is 4.79 Å². The number of benzene rings is 1. The summed E-state index contributed by atoms with van der Waals surface area (Å²) < 4.78 is 7.86. The van der Waals surface area contributed by atoms with Gasteiger partial charge in [-0.15, -0.1) is 0 Å². The lowest BCUT2D eigenvalue weighted by Crippen LogP contribution is -2.39. The summed E-state index contributed by atoms with van der Waals surface area (Å²) in [5.74, 6) is 1.67. The maximum absolute atomic E-state index is 12.0. The average Bonchev–Trinajstić information content (AvgIpc) is 3.27. The van der Waals surface area contributed by atoms with Crippen molar-refractivity contribution in [3.63, 3.8) is 0 Å². The fraction of sp³-hybridized carbons (Fsp3) is 0.545. The second kappa shape index (κ2) is 7.95. The quantitative estimate of drug-likeness (QED) is 0.834. The number of rotatable bonds is 6. The molecule has 6 nitrogen and oxygen atoms in total. The first-order valence-electron chi connectivity index (χ1n) is 10.2. The summed E-state index contributed by atoms with van der Waals surface area (Å²) in [6, 6.07) is 6.44. The van der Waals surface area contributed by atoms with Crippen LogP contribution in [-0.2, 0) is 24.3 Å². The third-order valence-corrected chi connectivity index (χ3v) is 5.79. The van der Waals surface area contributed by atoms with Crippen molar-refractivity contribution >= 4 is 5.91 Å². The van der Waals surface area contributed by atoms with Crippen molar-refractivity contribution in [2.45, 2.75) is 51.8 Å². The topological polar surface area (TPSA) is 59.4 Å². The molecule has 0 unspecified atom stereocenters. The molecule has 1 aromatic heterocycles. The smallest absolute Gasteiger partial charge is 0.239 e. The Labute approximate surface area is 166 Å². The van der Waals surface area contributed by atoms with Crippen LogP contribution in [0.15, 0.2) is 36.9 Å². The standard InChI is InChI=1S/C22H30N4O2/c1-22(2)12-19-18(4-3-5-20(19)28-22)14-25-9-6-17(7-10-25)13-24-21(27)15-26-11-8-23-16-26/h3-5,8,11,16-17H,6-7,9-10,12-15H2,1-2H3,(H,24,27). The average molecular weight is 383 g/mol. The van der Waals surface area contributed by atoms with E-state index in [0.717, 1.165) is 51.2 Å². The number of aromatic nitrogens is 2. The molecule has 28 heavy (non-hydrogen) atoms. The monoisotopic (exact) mass is 382 g/mol. The van der Waals surface area contributed by atoms with Gasteiger partial charge in [-0.1, -0.05) is 12.1 Å². The number of imidazole rings is 1. The van der Waals surface area contributed by atoms with Crippen LogP contribution in [0.1, 0.15) is 37.8 Å². The summed E-state index contributed by atoms with van der Waals surface area (Å²) in [4.78, 5) is 18.5. The van der Waals surface area contributed by atoms with Crippen LogP contribution in [0.2, 0.25) is 0 Å². The Morgan fingerprint density at radius 1 is 1.32 bits per heavy atom. The molecule has 0 saturated carbocycles. The zero-order valence-corrected chi connectivity index (χ0v) is 16.9. The number of ether oxygens (including phenoxy) is 1. The zero-order chi connectivity index (χ0) is 19.6. The highest BCUT2D eigenvalue weighted by Gasteiger charge is 2.32. The highest BCUT2D eigenvalue weighted by molar-refractivity contribution is 5.75. The number of piperidine rings is 1. The highest BCUT2D eigenvalue weighted by Crippen LogP contribution is 2.37. The normalized spacial score (nSPS) is 19.2. The second-order valence-electron chi connectivity index (χ2n) is 8.69. The fourth-order valence-electron chi connectivity index (χ4n) is 4.26. The van der Waals surface area contributed by atoms with Crippen molar-refractivity contribution in [1.82, 2.24) is 19.8 Å². The summed E-state index contributed by atoms with van der Waals surface area (Å²) in [6.07, 6.45) is 8.41. The first-order chi connectivity index (χ1) is 13.5. The Balaban J connectivity index is 1.23. The SMILES string of the molecule is CC1(C)Cc2c(CN3CCC(CNC(=O)Cn4ccnc4)CC3)cccc2O1. The summed E-state index contributed by atoms with van der Waals surface area (Å²) >= 11 is 0. The highest BCUT2D eigenvalue weighted by atomic mass is 16.5. The maximum atomic E-state index is 12.0. The summed E-state index contributed by atoms with van der Waals surface area (Å²) in [5.41, 5.74) is 2.68. The van der Waals surface area contributed by atoms with E-state index in [-0.39, 0.29) is 11.5 Å². The fourth-order valence-corrected chi connectivity index (χ4v) is 4.26. The molecule has 2 aliphatic rings. The van der Waals surface area contributed by atoms with Gasteiger partial charge in [0.2, 0.25) is 5.91 Å². The van der Waals surface area contributed by atoms with Gasteiger partial charge in [-0.25, -0.2) is 4.98 Å². The van der Waals surface area contributed by atoms with Crippen LogP contribution in [-0.4, -0.2) is 45.6 Å². The molecule has 1 N–H and O–H groups in total. The Morgan fingerprint density at radius 2 is 2.14 bits per heavy atom. The van der Waals surface area contributed by atoms with Crippen molar-refractivity contribution in [2.24, 2.45) is 5.92 Å². The van der Waals surface area contributed by atoms with Crippen LogP contribution >= 0.6 is 0 Å². The van der Waals surface area contributed by atoms with E-state index in [2.05, 4.69) is 47.2 Å². The van der Waals surface area contributed by atoms with Gasteiger partial charge < -0.3 is 14.6 Å². The van der Waals surface area contributed by atoms with Crippen LogP contribution in [0.3, 0.4) is 0 Å². The van der Waals surface area contributed by atoms with Crippen LogP contribution in [0, 0.1) is 5.92 Å². The maximum Gasteiger partial charge on any atom is 0.239 e. The Morgan fingerprint density at radius 3 is 2.89 bits per heavy atom. The van der Waals surface area contributed by atoms with Crippen LogP contribution in [0.5, 0.6) is 5.75 Å². The summed E-state index contributed by atoms with van der Waals surface area (Å²) in [7, 11) is 0. The predicted molar refractivity (Wildman–Crippen MR) is 108 cm³/mol. The predicted octanol–water partition coefficient (Wildman–Crippen LogP) is 2.62. The number of amides is 1. The van der Waals surface area contributed by atoms with Crippen LogP contribution in [0.4, 0.5) is 0 Å². The molecule has 0 radical (unpaired) electrons. The third kappa shape index (κ3) is 4.55. The number of carbonyl (C=O) groups is 1. The van der Waals surface area contributed by atoms with Gasteiger partial charge in [0.05, 0.1) is 6.33 Å². The number of nitrogens with zero attached hydrogens (tertiary/aromatic N) is 3. The number of hydrogen-bond donors (Lipinski definition) is 1. The Hall–Kier alpha value is -2.34. The summed E-state index contributed by atoms with van der Waals surface area (Å²) in [5, 5.41) is 3.08. The van der Waals surface area contributed by atoms with Gasteiger partial charge in [0, 0.05) is 37.5 Å². The Bertz CT molecular complexity index is 808. The van der Waals surface area contributed by atoms with E-state index in [1.165, 1.54) is 11.1 Å². The van der Waals surface area contributed by atoms with Crippen molar-refractivity contribution in [2.75, 3.05) is 19.6 Å². The molecular weight excluding hydrogens is 352 g/mol. The van der Waals surface area contributed by atoms with Gasteiger partial charge in [0.15, 0.2) is 0 Å². The molecular formula is C22H30N4O2. The molecule has 1 saturated heterocycles. The Kier molecular flexibility index (Phi) is 5.40. The number of nitrogens with one attached hydrogen (secondary N) is 1. The lowest BCUT2D eigenvalue weighted by Gasteiger charge is -2.32. The van der Waals surface area contributed by atoms with Crippen molar-refractivity contribution in [3.05, 3.63) is 48.0 Å². The number of likely N-dealkylation sites (tertiary alicyclic amines) is 1. The van der Waals surface area contributed by atoms with Crippen LogP contribution < -0.4 is 10.1 Å². The molecule has 1 aromatic carbocycles. The molecule has 0 atom stereocenters. The van der Waals surface area contributed by atoms with Gasteiger partial charge in [0.1, 0.15) is 17.9 Å². The molecule has 150 valence electrons. The minimum atomic E-state index is -0.0969. The van der Waals surface area contributed by atoms with E-state index >= 15 is 0 Å². The van der Waals surface area contributed by atoms with Gasteiger partial charge in [0.25, 0.3) is 0 Å². The molecule has 1 fully saturated rings. The third-order valence-electron chi connectivity index (χ3n) is 5.79. The summed E-state index contributed by atoms with van der Waals surface area (Å²) in [6.45, 7) is 8.57. The molecule has 0 aliphatic carbocycles. The minimum absolute atomic E-state index is 0.0582. The molecule has 0 bridgehead atoms. The van der Waals surface area contributed by atoms with Crippen molar-refractivity contribution in [3.8, 4) is 5.75 Å². The molecule has 2 aromatic rings. The van der Waals surface area contributed by atoms with Crippen molar-refractivity contribution in [1.29, 1.82) is 0 Å². The number of fused-ring (bicyclic) bond motifs is 1. The van der Waals surface area contributed by atoms with E-state index < -0.39 is 0 Å². The molecule has 3 heterocycles. The van der Waals surface area contributed by atoms with E-state index in [1.54, 1.807) is 17.1 Å². The van der Waals surface area contributed by atoms with Gasteiger partial charge in [-0.2, -0.15) is 0 Å². The lowest BCUT2D eigenvalue weighted by atomic mass is 9.94. The van der Waals surface area contributed by atoms with Crippen molar-refractivity contribution < 1.29 is 9.53 Å². The molecule has 2 aliphatic heterocycles. The number of hydrogen-bond acceptors (Lipinski definition) is 4. The second-order valence-corrected chi connectivity index (χ2v) is 8.69. The van der Waals surface area contributed by atoms with E-state index in [1.807, 2.05) is 6.20 Å². The largest absolute Gasteiger partial charge is 0.487 e. The van der Waals surface area contributed by atoms with Gasteiger partial charge in [-0.05, 0) is 57.3 Å². The van der Waals surface area contributed by atoms with E-state index in [4.69, 9.17) is 4.74 Å². The lowest BCUT2D eigenvalue weighted by molar-refractivity contribution is -0.121. The molecule has 0 spiro atoms.